The smallest absolute Gasteiger partial charge is 0.108 e. The summed E-state index contributed by atoms with van der Waals surface area (Å²) in [6.45, 7) is 0.551. The molecule has 0 bridgehead atoms. The van der Waals surface area contributed by atoms with Gasteiger partial charge in [0.25, 0.3) is 0 Å². The highest BCUT2D eigenvalue weighted by Gasteiger charge is 1.95. The molecule has 2 rings (SSSR count). The van der Waals surface area contributed by atoms with Crippen LogP contribution < -0.4 is 0 Å². The third-order valence-electron chi connectivity index (χ3n) is 2.01. The average Bonchev–Trinajstić information content (AvgIpc) is 2.65. The summed E-state index contributed by atoms with van der Waals surface area (Å²) in [7, 11) is 1.48. The highest BCUT2D eigenvalue weighted by Crippen LogP contribution is 2.14. The number of nitrogens with one attached hydrogen (secondary N) is 1. The fourth-order valence-electron chi connectivity index (χ4n) is 1.37. The summed E-state index contributed by atoms with van der Waals surface area (Å²) in [4.78, 5) is 7.62. The molecule has 4 nitrogen and oxygen atoms in total. The highest BCUT2D eigenvalue weighted by molar-refractivity contribution is 5.79. The van der Waals surface area contributed by atoms with Gasteiger partial charge in [0, 0.05) is 17.0 Å². The van der Waals surface area contributed by atoms with E-state index in [9.17, 15) is 0 Å². The zero-order chi connectivity index (χ0) is 9.80. The van der Waals surface area contributed by atoms with Crippen LogP contribution in [0.2, 0.25) is 0 Å². The van der Waals surface area contributed by atoms with Gasteiger partial charge in [0.2, 0.25) is 0 Å². The number of benzene rings is 1. The number of nitrogens with zero attached hydrogens (tertiary/aromatic N) is 2. The molecule has 4 heteroatoms. The molecule has 1 N–H and O–H groups in total. The van der Waals surface area contributed by atoms with Crippen LogP contribution in [0.15, 0.2) is 40.9 Å². The number of fused-ring (bicyclic) bond motifs is 1. The van der Waals surface area contributed by atoms with E-state index in [2.05, 4.69) is 26.3 Å². The minimum absolute atomic E-state index is 0.551. The van der Waals surface area contributed by atoms with Gasteiger partial charge < -0.3 is 9.82 Å². The van der Waals surface area contributed by atoms with Crippen LogP contribution in [0.3, 0.4) is 0 Å². The van der Waals surface area contributed by atoms with E-state index in [4.69, 9.17) is 0 Å². The minimum atomic E-state index is 0.551. The summed E-state index contributed by atoms with van der Waals surface area (Å²) < 4.78 is 0. The SMILES string of the molecule is CON=NCc1ccc2[nH]ccc2c1. The second-order valence-corrected chi connectivity index (χ2v) is 2.96. The molecule has 1 aromatic carbocycles. The molecule has 0 fully saturated rings. The summed E-state index contributed by atoms with van der Waals surface area (Å²) in [6, 6.07) is 8.17. The van der Waals surface area contributed by atoms with Gasteiger partial charge in [-0.2, -0.15) is 0 Å². The van der Waals surface area contributed by atoms with Crippen LogP contribution in [0, 0.1) is 0 Å². The van der Waals surface area contributed by atoms with E-state index >= 15 is 0 Å². The first-order valence-electron chi connectivity index (χ1n) is 4.36. The average molecular weight is 189 g/mol. The molecule has 72 valence electrons. The number of hydrogen-bond acceptors (Lipinski definition) is 3. The molecule has 0 spiro atoms. The van der Waals surface area contributed by atoms with E-state index in [0.717, 1.165) is 11.1 Å². The molecular weight excluding hydrogens is 178 g/mol. The molecule has 0 aliphatic rings. The van der Waals surface area contributed by atoms with Gasteiger partial charge in [-0.25, -0.2) is 0 Å². The molecule has 0 unspecified atom stereocenters. The molecular formula is C10H11N3O. The lowest BCUT2D eigenvalue weighted by Crippen LogP contribution is -1.80. The summed E-state index contributed by atoms with van der Waals surface area (Å²) in [6.07, 6.45) is 1.92. The van der Waals surface area contributed by atoms with Crippen LogP contribution in [0.5, 0.6) is 0 Å². The van der Waals surface area contributed by atoms with Crippen LogP contribution in [0.4, 0.5) is 0 Å². The standard InChI is InChI=1S/C10H11N3O/c1-14-13-12-7-8-2-3-10-9(6-8)4-5-11-10/h2-6,11H,7H2,1H3. The quantitative estimate of drug-likeness (QED) is 0.585. The summed E-state index contributed by atoms with van der Waals surface area (Å²) in [5.41, 5.74) is 2.26. The van der Waals surface area contributed by atoms with Crippen molar-refractivity contribution < 1.29 is 4.84 Å². The number of aromatic amines is 1. The monoisotopic (exact) mass is 189 g/mol. The molecule has 1 aromatic heterocycles. The molecule has 2 aromatic rings. The molecule has 0 aliphatic carbocycles. The lowest BCUT2D eigenvalue weighted by atomic mass is 10.1. The second-order valence-electron chi connectivity index (χ2n) is 2.96. The first kappa shape index (κ1) is 8.74. The molecule has 1 heterocycles. The van der Waals surface area contributed by atoms with Crippen LogP contribution in [0.1, 0.15) is 5.56 Å². The van der Waals surface area contributed by atoms with E-state index in [1.807, 2.05) is 24.4 Å². The topological polar surface area (TPSA) is 49.7 Å². The number of aromatic nitrogens is 1. The Bertz CT molecular complexity index is 447. The zero-order valence-corrected chi connectivity index (χ0v) is 7.90. The lowest BCUT2D eigenvalue weighted by molar-refractivity contribution is 0.185. The summed E-state index contributed by atoms with van der Waals surface area (Å²) in [5.74, 6) is 0. The predicted molar refractivity (Wildman–Crippen MR) is 53.9 cm³/mol. The Morgan fingerprint density at radius 1 is 1.36 bits per heavy atom. The van der Waals surface area contributed by atoms with Gasteiger partial charge >= 0.3 is 0 Å². The minimum Gasteiger partial charge on any atom is -0.383 e. The predicted octanol–water partition coefficient (Wildman–Crippen LogP) is 2.68. The van der Waals surface area contributed by atoms with Gasteiger partial charge in [0.15, 0.2) is 0 Å². The van der Waals surface area contributed by atoms with Gasteiger partial charge in [0.05, 0.1) is 6.54 Å². The second kappa shape index (κ2) is 3.91. The molecule has 0 saturated heterocycles. The van der Waals surface area contributed by atoms with Crippen molar-refractivity contribution in [3.05, 3.63) is 36.0 Å². The largest absolute Gasteiger partial charge is 0.383 e. The van der Waals surface area contributed by atoms with Crippen LogP contribution >= 0.6 is 0 Å². The Hall–Kier alpha value is -1.84. The maximum atomic E-state index is 4.49. The van der Waals surface area contributed by atoms with Crippen molar-refractivity contribution in [2.45, 2.75) is 6.54 Å². The normalized spacial score (nSPS) is 11.2. The zero-order valence-electron chi connectivity index (χ0n) is 7.90. The summed E-state index contributed by atoms with van der Waals surface area (Å²) in [5, 5.41) is 8.49. The Labute approximate surface area is 81.6 Å². The Balaban J connectivity index is 2.21. The van der Waals surface area contributed by atoms with Gasteiger partial charge in [-0.1, -0.05) is 6.07 Å². The fourth-order valence-corrected chi connectivity index (χ4v) is 1.37. The maximum Gasteiger partial charge on any atom is 0.108 e. The Kier molecular flexibility index (Phi) is 2.44. The highest BCUT2D eigenvalue weighted by atomic mass is 16.6. The van der Waals surface area contributed by atoms with Crippen molar-refractivity contribution in [1.29, 1.82) is 0 Å². The first-order chi connectivity index (χ1) is 6.90. The van der Waals surface area contributed by atoms with E-state index in [1.165, 1.54) is 12.5 Å². The van der Waals surface area contributed by atoms with Gasteiger partial charge in [-0.05, 0) is 29.1 Å². The molecule has 0 amide bonds. The van der Waals surface area contributed by atoms with Crippen molar-refractivity contribution >= 4 is 10.9 Å². The van der Waals surface area contributed by atoms with Crippen molar-refractivity contribution in [3.8, 4) is 0 Å². The first-order valence-corrected chi connectivity index (χ1v) is 4.36. The molecule has 14 heavy (non-hydrogen) atoms. The van der Waals surface area contributed by atoms with Crippen molar-refractivity contribution in [3.63, 3.8) is 0 Å². The van der Waals surface area contributed by atoms with Crippen molar-refractivity contribution in [2.24, 2.45) is 10.4 Å². The van der Waals surface area contributed by atoms with Gasteiger partial charge in [-0.15, -0.1) is 5.11 Å². The third-order valence-corrected chi connectivity index (χ3v) is 2.01. The molecule has 0 atom stereocenters. The number of hydrogen-bond donors (Lipinski definition) is 1. The van der Waals surface area contributed by atoms with E-state index in [-0.39, 0.29) is 0 Å². The Morgan fingerprint density at radius 2 is 2.29 bits per heavy atom. The van der Waals surface area contributed by atoms with E-state index in [1.54, 1.807) is 0 Å². The lowest BCUT2D eigenvalue weighted by Gasteiger charge is -1.95. The molecule has 0 radical (unpaired) electrons. The van der Waals surface area contributed by atoms with Crippen LogP contribution in [0.25, 0.3) is 10.9 Å². The Morgan fingerprint density at radius 3 is 3.14 bits per heavy atom. The maximum absolute atomic E-state index is 4.49. The molecule has 0 saturated carbocycles. The van der Waals surface area contributed by atoms with Crippen molar-refractivity contribution in [2.75, 3.05) is 7.11 Å². The molecule has 0 aliphatic heterocycles. The summed E-state index contributed by atoms with van der Waals surface area (Å²) >= 11 is 0. The van der Waals surface area contributed by atoms with Gasteiger partial charge in [-0.3, -0.25) is 0 Å². The van der Waals surface area contributed by atoms with Crippen molar-refractivity contribution in [1.82, 2.24) is 4.98 Å². The van der Waals surface area contributed by atoms with E-state index in [0.29, 0.717) is 6.54 Å². The van der Waals surface area contributed by atoms with Crippen LogP contribution in [-0.2, 0) is 11.4 Å². The van der Waals surface area contributed by atoms with E-state index < -0.39 is 0 Å². The fraction of sp³-hybridized carbons (Fsp3) is 0.200. The van der Waals surface area contributed by atoms with Gasteiger partial charge in [0.1, 0.15) is 7.11 Å². The number of H-pyrrole nitrogens is 1. The van der Waals surface area contributed by atoms with Crippen LogP contribution in [-0.4, -0.2) is 12.1 Å². The third kappa shape index (κ3) is 1.74. The number of rotatable bonds is 3.